The van der Waals surface area contributed by atoms with Crippen molar-refractivity contribution < 1.29 is 24.0 Å². The molecule has 9 heteroatoms. The molecule has 2 aromatic carbocycles. The number of esters is 1. The number of nitrogens with zero attached hydrogens (tertiary/aromatic N) is 2. The summed E-state index contributed by atoms with van der Waals surface area (Å²) in [5.41, 5.74) is 0.0617. The third kappa shape index (κ3) is 4.29. The van der Waals surface area contributed by atoms with E-state index in [0.717, 1.165) is 0 Å². The molecule has 1 amide bonds. The summed E-state index contributed by atoms with van der Waals surface area (Å²) in [6, 6.07) is 12.2. The number of hydrogen-bond donors (Lipinski definition) is 1. The zero-order valence-corrected chi connectivity index (χ0v) is 16.2. The SMILES string of the molecule is CC(=O)Oc1ccc(NC(=O)C2(c3ccc([N+](=O)[O-])cc3)CCOCC2)c(C#N)c1. The van der Waals surface area contributed by atoms with Crippen LogP contribution in [0.3, 0.4) is 0 Å². The first-order valence-electron chi connectivity index (χ1n) is 9.22. The quantitative estimate of drug-likeness (QED) is 0.347. The zero-order valence-electron chi connectivity index (χ0n) is 16.2. The normalized spacial score (nSPS) is 14.9. The number of ether oxygens (including phenoxy) is 2. The molecule has 0 radical (unpaired) electrons. The summed E-state index contributed by atoms with van der Waals surface area (Å²) in [6.45, 7) is 1.97. The van der Waals surface area contributed by atoms with Crippen molar-refractivity contribution in [3.63, 3.8) is 0 Å². The zero-order chi connectivity index (χ0) is 21.7. The number of carbonyl (C=O) groups is 2. The highest BCUT2D eigenvalue weighted by molar-refractivity contribution is 6.00. The van der Waals surface area contributed by atoms with Gasteiger partial charge in [-0.05, 0) is 30.5 Å². The minimum absolute atomic E-state index is 0.0609. The van der Waals surface area contributed by atoms with Crippen LogP contribution in [0.1, 0.15) is 30.9 Å². The van der Waals surface area contributed by atoms with E-state index in [0.29, 0.717) is 31.6 Å². The maximum atomic E-state index is 13.3. The van der Waals surface area contributed by atoms with Gasteiger partial charge in [-0.25, -0.2) is 0 Å². The first-order chi connectivity index (χ1) is 14.4. The monoisotopic (exact) mass is 409 g/mol. The van der Waals surface area contributed by atoms with Crippen molar-refractivity contribution >= 4 is 23.3 Å². The Morgan fingerprint density at radius 3 is 2.43 bits per heavy atom. The molecular weight excluding hydrogens is 390 g/mol. The smallest absolute Gasteiger partial charge is 0.308 e. The molecule has 9 nitrogen and oxygen atoms in total. The van der Waals surface area contributed by atoms with Crippen LogP contribution in [0.25, 0.3) is 0 Å². The minimum atomic E-state index is -0.950. The van der Waals surface area contributed by atoms with Crippen molar-refractivity contribution in [3.05, 3.63) is 63.7 Å². The molecular formula is C21H19N3O6. The number of non-ortho nitro benzene ring substituents is 1. The van der Waals surface area contributed by atoms with Gasteiger partial charge in [0.25, 0.3) is 5.69 Å². The topological polar surface area (TPSA) is 132 Å². The molecule has 0 atom stereocenters. The van der Waals surface area contributed by atoms with Crippen molar-refractivity contribution in [1.29, 1.82) is 5.26 Å². The Morgan fingerprint density at radius 2 is 1.87 bits per heavy atom. The summed E-state index contributed by atoms with van der Waals surface area (Å²) in [5.74, 6) is -0.653. The van der Waals surface area contributed by atoms with E-state index in [1.807, 2.05) is 6.07 Å². The summed E-state index contributed by atoms with van der Waals surface area (Å²) >= 11 is 0. The Labute approximate surface area is 172 Å². The predicted molar refractivity (Wildman–Crippen MR) is 106 cm³/mol. The van der Waals surface area contributed by atoms with Crippen LogP contribution in [0.5, 0.6) is 5.75 Å². The van der Waals surface area contributed by atoms with Gasteiger partial charge >= 0.3 is 5.97 Å². The highest BCUT2D eigenvalue weighted by Gasteiger charge is 2.42. The Kier molecular flexibility index (Phi) is 6.09. The molecule has 154 valence electrons. The third-order valence-corrected chi connectivity index (χ3v) is 5.03. The van der Waals surface area contributed by atoms with Gasteiger partial charge in [0.1, 0.15) is 11.8 Å². The molecule has 1 N–H and O–H groups in total. The second-order valence-electron chi connectivity index (χ2n) is 6.87. The van der Waals surface area contributed by atoms with E-state index in [9.17, 15) is 25.0 Å². The van der Waals surface area contributed by atoms with E-state index in [4.69, 9.17) is 9.47 Å². The predicted octanol–water partition coefficient (Wildman–Crippen LogP) is 3.08. The fourth-order valence-corrected chi connectivity index (χ4v) is 3.47. The van der Waals surface area contributed by atoms with Crippen molar-refractivity contribution in [1.82, 2.24) is 0 Å². The number of nitro benzene ring substituents is 1. The lowest BCUT2D eigenvalue weighted by atomic mass is 9.73. The van der Waals surface area contributed by atoms with Crippen LogP contribution >= 0.6 is 0 Å². The van der Waals surface area contributed by atoms with Gasteiger partial charge in [0.05, 0.1) is 21.6 Å². The molecule has 30 heavy (non-hydrogen) atoms. The summed E-state index contributed by atoms with van der Waals surface area (Å²) in [7, 11) is 0. The Bertz CT molecular complexity index is 1020. The Balaban J connectivity index is 1.92. The minimum Gasteiger partial charge on any atom is -0.427 e. The summed E-state index contributed by atoms with van der Waals surface area (Å²) in [4.78, 5) is 34.9. The molecule has 0 aliphatic carbocycles. The maximum Gasteiger partial charge on any atom is 0.308 e. The van der Waals surface area contributed by atoms with Crippen LogP contribution in [0.15, 0.2) is 42.5 Å². The molecule has 1 aliphatic rings. The van der Waals surface area contributed by atoms with Gasteiger partial charge < -0.3 is 14.8 Å². The number of benzene rings is 2. The lowest BCUT2D eigenvalue weighted by molar-refractivity contribution is -0.384. The average Bonchev–Trinajstić information content (AvgIpc) is 2.74. The molecule has 1 aliphatic heterocycles. The van der Waals surface area contributed by atoms with E-state index >= 15 is 0 Å². The highest BCUT2D eigenvalue weighted by Crippen LogP contribution is 2.37. The van der Waals surface area contributed by atoms with Gasteiger partial charge in [0, 0.05) is 38.3 Å². The van der Waals surface area contributed by atoms with Gasteiger partial charge in [-0.1, -0.05) is 12.1 Å². The number of amides is 1. The van der Waals surface area contributed by atoms with Crippen molar-refractivity contribution in [2.45, 2.75) is 25.2 Å². The lowest BCUT2D eigenvalue weighted by Crippen LogP contribution is -2.45. The van der Waals surface area contributed by atoms with Gasteiger partial charge in [-0.2, -0.15) is 5.26 Å². The van der Waals surface area contributed by atoms with E-state index in [2.05, 4.69) is 5.32 Å². The van der Waals surface area contributed by atoms with E-state index in [1.54, 1.807) is 12.1 Å². The summed E-state index contributed by atoms with van der Waals surface area (Å²) in [5, 5.41) is 23.2. The van der Waals surface area contributed by atoms with E-state index in [-0.39, 0.29) is 28.6 Å². The number of rotatable bonds is 5. The molecule has 1 heterocycles. The molecule has 0 saturated carbocycles. The average molecular weight is 409 g/mol. The molecule has 0 unspecified atom stereocenters. The number of nitriles is 1. The molecule has 2 aromatic rings. The molecule has 1 fully saturated rings. The number of anilines is 1. The largest absolute Gasteiger partial charge is 0.427 e. The lowest BCUT2D eigenvalue weighted by Gasteiger charge is -2.36. The second-order valence-corrected chi connectivity index (χ2v) is 6.87. The Morgan fingerprint density at radius 1 is 1.20 bits per heavy atom. The van der Waals surface area contributed by atoms with Crippen molar-refractivity contribution in [2.24, 2.45) is 0 Å². The van der Waals surface area contributed by atoms with Crippen molar-refractivity contribution in [2.75, 3.05) is 18.5 Å². The van der Waals surface area contributed by atoms with Crippen LogP contribution in [-0.2, 0) is 19.7 Å². The van der Waals surface area contributed by atoms with Crippen LogP contribution in [0.4, 0.5) is 11.4 Å². The summed E-state index contributed by atoms with van der Waals surface area (Å²) in [6.07, 6.45) is 0.786. The van der Waals surface area contributed by atoms with Crippen LogP contribution < -0.4 is 10.1 Å². The van der Waals surface area contributed by atoms with Gasteiger partial charge in [0.2, 0.25) is 5.91 Å². The van der Waals surface area contributed by atoms with Gasteiger partial charge in [0.15, 0.2) is 0 Å². The van der Waals surface area contributed by atoms with Crippen LogP contribution in [0.2, 0.25) is 0 Å². The standard InChI is InChI=1S/C21H19N3O6/c1-14(25)30-18-6-7-19(15(12-18)13-22)23-20(26)21(8-10-29-11-9-21)16-2-4-17(5-3-16)24(27)28/h2-7,12H,8-11H2,1H3,(H,23,26). The van der Waals surface area contributed by atoms with Crippen LogP contribution in [0, 0.1) is 21.4 Å². The molecule has 0 aromatic heterocycles. The number of nitro groups is 1. The number of hydrogen-bond acceptors (Lipinski definition) is 7. The number of carbonyl (C=O) groups excluding carboxylic acids is 2. The van der Waals surface area contributed by atoms with E-state index < -0.39 is 16.3 Å². The molecule has 0 bridgehead atoms. The fourth-order valence-electron chi connectivity index (χ4n) is 3.47. The summed E-state index contributed by atoms with van der Waals surface area (Å²) < 4.78 is 10.4. The van der Waals surface area contributed by atoms with E-state index in [1.165, 1.54) is 37.3 Å². The molecule has 3 rings (SSSR count). The third-order valence-electron chi connectivity index (χ3n) is 5.03. The van der Waals surface area contributed by atoms with Gasteiger partial charge in [-0.3, -0.25) is 19.7 Å². The van der Waals surface area contributed by atoms with Crippen molar-refractivity contribution in [3.8, 4) is 11.8 Å². The fraction of sp³-hybridized carbons (Fsp3) is 0.286. The Hall–Kier alpha value is -3.77. The first-order valence-corrected chi connectivity index (χ1v) is 9.22. The maximum absolute atomic E-state index is 13.3. The second kappa shape index (κ2) is 8.71. The highest BCUT2D eigenvalue weighted by atomic mass is 16.6. The molecule has 0 spiro atoms. The first kappa shape index (κ1) is 21.0. The molecule has 1 saturated heterocycles. The van der Waals surface area contributed by atoms with Crippen LogP contribution in [-0.4, -0.2) is 30.0 Å². The number of nitrogens with one attached hydrogen (secondary N) is 1. The van der Waals surface area contributed by atoms with Gasteiger partial charge in [-0.15, -0.1) is 0 Å².